The van der Waals surface area contributed by atoms with Crippen LogP contribution in [0.25, 0.3) is 11.3 Å². The molecule has 0 saturated carbocycles. The Labute approximate surface area is 132 Å². The largest absolute Gasteiger partial charge is 0.480 e. The van der Waals surface area contributed by atoms with Gasteiger partial charge in [0.1, 0.15) is 29.4 Å². The third-order valence-electron chi connectivity index (χ3n) is 3.24. The fourth-order valence-electron chi connectivity index (χ4n) is 2.14. The molecule has 0 radical (unpaired) electrons. The molecule has 2 aromatic rings. The lowest BCUT2D eigenvalue weighted by atomic mass is 10.0. The number of carbonyl (C=O) groups excluding carboxylic acids is 1. The summed E-state index contributed by atoms with van der Waals surface area (Å²) in [6.45, 7) is 3.73. The quantitative estimate of drug-likeness (QED) is 0.853. The standard InChI is InChI=1S/C16H17FN2O4/c1-9(2)7-13(16(21)22)18-15(20)12-8-23-19-14(12)10-3-5-11(17)6-4-10/h3-6,8-9,13H,7H2,1-2H3,(H,18,20)(H,21,22)/t13-/m0/s1. The number of amides is 1. The Morgan fingerprint density at radius 1 is 1.30 bits per heavy atom. The van der Waals surface area contributed by atoms with Crippen molar-refractivity contribution in [2.45, 2.75) is 26.3 Å². The molecule has 2 rings (SSSR count). The summed E-state index contributed by atoms with van der Waals surface area (Å²) in [5, 5.41) is 15.4. The Kier molecular flexibility index (Phi) is 5.10. The summed E-state index contributed by atoms with van der Waals surface area (Å²) < 4.78 is 17.8. The molecule has 0 saturated heterocycles. The van der Waals surface area contributed by atoms with E-state index in [1.165, 1.54) is 24.3 Å². The van der Waals surface area contributed by atoms with Crippen molar-refractivity contribution >= 4 is 11.9 Å². The first kappa shape index (κ1) is 16.7. The van der Waals surface area contributed by atoms with Gasteiger partial charge in [-0.2, -0.15) is 0 Å². The number of rotatable bonds is 6. The lowest BCUT2D eigenvalue weighted by Gasteiger charge is -2.16. The van der Waals surface area contributed by atoms with E-state index in [0.29, 0.717) is 12.0 Å². The Balaban J connectivity index is 2.22. The number of nitrogens with one attached hydrogen (secondary N) is 1. The predicted octanol–water partition coefficient (Wildman–Crippen LogP) is 2.71. The number of carboxylic acid groups (broad SMARTS) is 1. The summed E-state index contributed by atoms with van der Waals surface area (Å²) >= 11 is 0. The smallest absolute Gasteiger partial charge is 0.326 e. The number of aromatic nitrogens is 1. The van der Waals surface area contributed by atoms with E-state index in [1.807, 2.05) is 13.8 Å². The van der Waals surface area contributed by atoms with Gasteiger partial charge in [-0.3, -0.25) is 4.79 Å². The number of aliphatic carboxylic acids is 1. The van der Waals surface area contributed by atoms with Gasteiger partial charge >= 0.3 is 5.97 Å². The summed E-state index contributed by atoms with van der Waals surface area (Å²) in [6.07, 6.45) is 1.44. The van der Waals surface area contributed by atoms with Crippen molar-refractivity contribution in [2.75, 3.05) is 0 Å². The average molecular weight is 320 g/mol. The van der Waals surface area contributed by atoms with Crippen molar-refractivity contribution < 1.29 is 23.6 Å². The van der Waals surface area contributed by atoms with E-state index >= 15 is 0 Å². The zero-order chi connectivity index (χ0) is 17.0. The summed E-state index contributed by atoms with van der Waals surface area (Å²) in [5.74, 6) is -2.01. The highest BCUT2D eigenvalue weighted by molar-refractivity contribution is 6.01. The second-order valence-corrected chi connectivity index (χ2v) is 5.58. The maximum absolute atomic E-state index is 13.0. The van der Waals surface area contributed by atoms with E-state index in [9.17, 15) is 19.1 Å². The molecule has 7 heteroatoms. The van der Waals surface area contributed by atoms with Crippen LogP contribution in [0.15, 0.2) is 35.1 Å². The van der Waals surface area contributed by atoms with Crippen LogP contribution in [0.1, 0.15) is 30.6 Å². The molecule has 1 amide bonds. The number of benzene rings is 1. The molecule has 0 bridgehead atoms. The Morgan fingerprint density at radius 2 is 1.96 bits per heavy atom. The fraction of sp³-hybridized carbons (Fsp3) is 0.312. The van der Waals surface area contributed by atoms with Crippen molar-refractivity contribution in [3.63, 3.8) is 0 Å². The van der Waals surface area contributed by atoms with Gasteiger partial charge < -0.3 is 14.9 Å². The number of carbonyl (C=O) groups is 2. The Morgan fingerprint density at radius 3 is 2.52 bits per heavy atom. The molecular formula is C16H17FN2O4. The van der Waals surface area contributed by atoms with Crippen LogP contribution >= 0.6 is 0 Å². The van der Waals surface area contributed by atoms with Crippen LogP contribution in [0.4, 0.5) is 4.39 Å². The van der Waals surface area contributed by atoms with Crippen molar-refractivity contribution in [2.24, 2.45) is 5.92 Å². The number of halogens is 1. The summed E-state index contributed by atoms with van der Waals surface area (Å²) in [5.41, 5.74) is 0.837. The molecule has 0 aliphatic carbocycles. The van der Waals surface area contributed by atoms with Crippen LogP contribution in [0.2, 0.25) is 0 Å². The van der Waals surface area contributed by atoms with Crippen molar-refractivity contribution in [1.29, 1.82) is 0 Å². The molecule has 0 fully saturated rings. The number of carboxylic acids is 1. The van der Waals surface area contributed by atoms with E-state index in [4.69, 9.17) is 4.52 Å². The van der Waals surface area contributed by atoms with Crippen LogP contribution in [0.3, 0.4) is 0 Å². The van der Waals surface area contributed by atoms with Gasteiger partial charge in [0.2, 0.25) is 0 Å². The lowest BCUT2D eigenvalue weighted by molar-refractivity contribution is -0.139. The van der Waals surface area contributed by atoms with Gasteiger partial charge in [0.15, 0.2) is 0 Å². The molecule has 1 aromatic heterocycles. The van der Waals surface area contributed by atoms with Gasteiger partial charge in [-0.25, -0.2) is 9.18 Å². The highest BCUT2D eigenvalue weighted by Gasteiger charge is 2.25. The molecular weight excluding hydrogens is 303 g/mol. The average Bonchev–Trinajstić information content (AvgIpc) is 2.96. The minimum atomic E-state index is -1.10. The van der Waals surface area contributed by atoms with Gasteiger partial charge in [-0.05, 0) is 36.6 Å². The third-order valence-corrected chi connectivity index (χ3v) is 3.24. The van der Waals surface area contributed by atoms with Gasteiger partial charge in [-0.1, -0.05) is 19.0 Å². The van der Waals surface area contributed by atoms with Crippen LogP contribution in [-0.4, -0.2) is 28.2 Å². The fourth-order valence-corrected chi connectivity index (χ4v) is 2.14. The number of hydrogen-bond acceptors (Lipinski definition) is 4. The first-order valence-electron chi connectivity index (χ1n) is 7.12. The maximum atomic E-state index is 13.0. The minimum Gasteiger partial charge on any atom is -0.480 e. The molecule has 0 unspecified atom stereocenters. The van der Waals surface area contributed by atoms with Crippen molar-refractivity contribution in [1.82, 2.24) is 10.5 Å². The molecule has 1 aromatic carbocycles. The van der Waals surface area contributed by atoms with Crippen molar-refractivity contribution in [3.05, 3.63) is 41.9 Å². The van der Waals surface area contributed by atoms with Gasteiger partial charge in [0, 0.05) is 5.56 Å². The topological polar surface area (TPSA) is 92.4 Å². The molecule has 1 atom stereocenters. The van der Waals surface area contributed by atoms with Gasteiger partial charge in [0.05, 0.1) is 0 Å². The molecule has 0 aliphatic rings. The maximum Gasteiger partial charge on any atom is 0.326 e. The molecule has 2 N–H and O–H groups in total. The van der Waals surface area contributed by atoms with Gasteiger partial charge in [-0.15, -0.1) is 0 Å². The monoisotopic (exact) mass is 320 g/mol. The van der Waals surface area contributed by atoms with Crippen LogP contribution in [0.5, 0.6) is 0 Å². The molecule has 23 heavy (non-hydrogen) atoms. The molecule has 0 aliphatic heterocycles. The van der Waals surface area contributed by atoms with E-state index in [2.05, 4.69) is 10.5 Å². The zero-order valence-electron chi connectivity index (χ0n) is 12.7. The van der Waals surface area contributed by atoms with E-state index in [0.717, 1.165) is 6.26 Å². The number of nitrogens with zero attached hydrogens (tertiary/aromatic N) is 1. The molecule has 0 spiro atoms. The molecule has 6 nitrogen and oxygen atoms in total. The summed E-state index contributed by atoms with van der Waals surface area (Å²) in [7, 11) is 0. The molecule has 122 valence electrons. The number of hydrogen-bond donors (Lipinski definition) is 2. The zero-order valence-corrected chi connectivity index (χ0v) is 12.7. The minimum absolute atomic E-state index is 0.103. The van der Waals surface area contributed by atoms with Crippen LogP contribution in [0, 0.1) is 11.7 Å². The Hall–Kier alpha value is -2.70. The predicted molar refractivity (Wildman–Crippen MR) is 80.2 cm³/mol. The molecule has 1 heterocycles. The van der Waals surface area contributed by atoms with E-state index in [-0.39, 0.29) is 17.2 Å². The second-order valence-electron chi connectivity index (χ2n) is 5.58. The first-order valence-corrected chi connectivity index (χ1v) is 7.12. The summed E-state index contributed by atoms with van der Waals surface area (Å²) in [6, 6.07) is 4.41. The van der Waals surface area contributed by atoms with Gasteiger partial charge in [0.25, 0.3) is 5.91 Å². The van der Waals surface area contributed by atoms with Crippen LogP contribution < -0.4 is 5.32 Å². The highest BCUT2D eigenvalue weighted by Crippen LogP contribution is 2.22. The first-order chi connectivity index (χ1) is 10.9. The highest BCUT2D eigenvalue weighted by atomic mass is 19.1. The second kappa shape index (κ2) is 7.04. The third kappa shape index (κ3) is 4.15. The van der Waals surface area contributed by atoms with E-state index in [1.54, 1.807) is 0 Å². The lowest BCUT2D eigenvalue weighted by Crippen LogP contribution is -2.41. The Bertz CT molecular complexity index is 694. The van der Waals surface area contributed by atoms with Crippen LogP contribution in [-0.2, 0) is 4.79 Å². The van der Waals surface area contributed by atoms with Crippen molar-refractivity contribution in [3.8, 4) is 11.3 Å². The normalized spacial score (nSPS) is 12.2. The van der Waals surface area contributed by atoms with E-state index < -0.39 is 23.7 Å². The summed E-state index contributed by atoms with van der Waals surface area (Å²) in [4.78, 5) is 23.6. The SMILES string of the molecule is CC(C)C[C@H](NC(=O)c1conc1-c1ccc(F)cc1)C(=O)O.